The number of nitrogens with one attached hydrogen (secondary N) is 1. The minimum Gasteiger partial charge on any atom is -0.338 e. The summed E-state index contributed by atoms with van der Waals surface area (Å²) in [5.41, 5.74) is 4.62. The Labute approximate surface area is 153 Å². The van der Waals surface area contributed by atoms with Crippen molar-refractivity contribution >= 4 is 5.91 Å². The lowest BCUT2D eigenvalue weighted by Crippen LogP contribution is -2.39. The molecule has 1 N–H and O–H groups in total. The summed E-state index contributed by atoms with van der Waals surface area (Å²) in [6, 6.07) is 0.228. The number of amides is 1. The SMILES string of the molecule is O=C(Cc1n[nH]c2c1CCCC2)N1CCC[C@H]1Cn1cc(C2CC2)nn1. The second kappa shape index (κ2) is 6.52. The van der Waals surface area contributed by atoms with Crippen molar-refractivity contribution in [2.24, 2.45) is 0 Å². The lowest BCUT2D eigenvalue weighted by atomic mass is 9.95. The summed E-state index contributed by atoms with van der Waals surface area (Å²) in [5, 5.41) is 16.2. The number of hydrogen-bond donors (Lipinski definition) is 1. The van der Waals surface area contributed by atoms with Gasteiger partial charge in [-0.2, -0.15) is 5.10 Å². The molecule has 5 rings (SSSR count). The first-order valence-electron chi connectivity index (χ1n) is 10.0. The van der Waals surface area contributed by atoms with Crippen LogP contribution < -0.4 is 0 Å². The highest BCUT2D eigenvalue weighted by Gasteiger charge is 2.31. The number of H-pyrrole nitrogens is 1. The summed E-state index contributed by atoms with van der Waals surface area (Å²) in [7, 11) is 0. The molecule has 0 aromatic carbocycles. The van der Waals surface area contributed by atoms with E-state index in [1.807, 2.05) is 9.58 Å². The van der Waals surface area contributed by atoms with E-state index in [2.05, 4.69) is 26.7 Å². The van der Waals surface area contributed by atoms with Crippen LogP contribution in [0.25, 0.3) is 0 Å². The van der Waals surface area contributed by atoms with Gasteiger partial charge in [-0.1, -0.05) is 5.21 Å². The van der Waals surface area contributed by atoms with Crippen molar-refractivity contribution in [3.8, 4) is 0 Å². The van der Waals surface area contributed by atoms with Crippen LogP contribution in [0, 0.1) is 0 Å². The zero-order valence-electron chi connectivity index (χ0n) is 15.2. The summed E-state index contributed by atoms with van der Waals surface area (Å²) in [4.78, 5) is 15.0. The first-order valence-corrected chi connectivity index (χ1v) is 10.0. The standard InChI is InChI=1S/C19H26N6O/c26-19(10-17-15-5-1-2-6-16(15)20-21-17)25-9-3-4-14(25)11-24-12-18(22-23-24)13-7-8-13/h12-14H,1-11H2,(H,20,21)/t14-/m0/s1. The number of aryl methyl sites for hydroxylation is 1. The Balaban J connectivity index is 1.25. The highest BCUT2D eigenvalue weighted by Crippen LogP contribution is 2.38. The van der Waals surface area contributed by atoms with Crippen LogP contribution in [0.4, 0.5) is 0 Å². The second-order valence-corrected chi connectivity index (χ2v) is 8.03. The van der Waals surface area contributed by atoms with Gasteiger partial charge in [-0.25, -0.2) is 0 Å². The molecule has 2 aromatic rings. The lowest BCUT2D eigenvalue weighted by Gasteiger charge is -2.24. The fourth-order valence-corrected chi connectivity index (χ4v) is 4.48. The fourth-order valence-electron chi connectivity index (χ4n) is 4.48. The minimum atomic E-state index is 0.204. The quantitative estimate of drug-likeness (QED) is 0.890. The molecule has 0 unspecified atom stereocenters. The Morgan fingerprint density at radius 3 is 2.96 bits per heavy atom. The third-order valence-electron chi connectivity index (χ3n) is 6.11. The lowest BCUT2D eigenvalue weighted by molar-refractivity contribution is -0.131. The molecule has 2 aromatic heterocycles. The van der Waals surface area contributed by atoms with Crippen molar-refractivity contribution in [2.45, 2.75) is 76.3 Å². The normalized spacial score (nSPS) is 22.6. The van der Waals surface area contributed by atoms with Crippen LogP contribution in [0.3, 0.4) is 0 Å². The summed E-state index contributed by atoms with van der Waals surface area (Å²) in [5.74, 6) is 0.825. The molecule has 7 nitrogen and oxygen atoms in total. The average Bonchev–Trinajstić information content (AvgIpc) is 3.06. The number of likely N-dealkylation sites (tertiary alicyclic amines) is 1. The van der Waals surface area contributed by atoms with E-state index < -0.39 is 0 Å². The molecule has 3 heterocycles. The molecule has 7 heteroatoms. The van der Waals surface area contributed by atoms with Gasteiger partial charge in [0.05, 0.1) is 30.4 Å². The van der Waals surface area contributed by atoms with Gasteiger partial charge in [0, 0.05) is 24.4 Å². The number of carbonyl (C=O) groups excluding carboxylic acids is 1. The van der Waals surface area contributed by atoms with Crippen LogP contribution in [0.5, 0.6) is 0 Å². The Kier molecular flexibility index (Phi) is 4.02. The predicted octanol–water partition coefficient (Wildman–Crippen LogP) is 1.99. The molecule has 2 aliphatic carbocycles. The topological polar surface area (TPSA) is 79.7 Å². The summed E-state index contributed by atoms with van der Waals surface area (Å²) in [6.45, 7) is 1.60. The van der Waals surface area contributed by atoms with Crippen LogP contribution in [0.1, 0.15) is 67.1 Å². The predicted molar refractivity (Wildman–Crippen MR) is 95.7 cm³/mol. The molecule has 2 fully saturated rings. The van der Waals surface area contributed by atoms with Gasteiger partial charge >= 0.3 is 0 Å². The molecule has 1 atom stereocenters. The van der Waals surface area contributed by atoms with E-state index in [1.165, 1.54) is 36.9 Å². The molecular formula is C19H26N6O. The van der Waals surface area contributed by atoms with Gasteiger partial charge in [-0.05, 0) is 56.9 Å². The maximum Gasteiger partial charge on any atom is 0.228 e. The van der Waals surface area contributed by atoms with Crippen molar-refractivity contribution in [2.75, 3.05) is 6.54 Å². The maximum atomic E-state index is 12.9. The van der Waals surface area contributed by atoms with E-state index in [0.29, 0.717) is 12.3 Å². The third-order valence-corrected chi connectivity index (χ3v) is 6.11. The Hall–Kier alpha value is -2.18. The Morgan fingerprint density at radius 1 is 1.19 bits per heavy atom. The number of fused-ring (bicyclic) bond motifs is 1. The van der Waals surface area contributed by atoms with Crippen LogP contribution in [0.2, 0.25) is 0 Å². The zero-order valence-corrected chi connectivity index (χ0v) is 15.2. The van der Waals surface area contributed by atoms with Crippen LogP contribution in [-0.2, 0) is 30.6 Å². The number of aromatic nitrogens is 5. The summed E-state index contributed by atoms with van der Waals surface area (Å²) >= 11 is 0. The maximum absolute atomic E-state index is 12.9. The van der Waals surface area contributed by atoms with Gasteiger partial charge in [0.15, 0.2) is 0 Å². The molecule has 0 bridgehead atoms. The van der Waals surface area contributed by atoms with Gasteiger partial charge in [-0.3, -0.25) is 14.6 Å². The fraction of sp³-hybridized carbons (Fsp3) is 0.684. The molecule has 0 spiro atoms. The van der Waals surface area contributed by atoms with Crippen molar-refractivity contribution in [3.63, 3.8) is 0 Å². The largest absolute Gasteiger partial charge is 0.338 e. The van der Waals surface area contributed by atoms with Gasteiger partial charge < -0.3 is 4.90 Å². The molecular weight excluding hydrogens is 328 g/mol. The van der Waals surface area contributed by atoms with Crippen LogP contribution in [0.15, 0.2) is 6.20 Å². The summed E-state index contributed by atoms with van der Waals surface area (Å²) < 4.78 is 1.93. The van der Waals surface area contributed by atoms with Crippen LogP contribution >= 0.6 is 0 Å². The van der Waals surface area contributed by atoms with Crippen molar-refractivity contribution in [1.82, 2.24) is 30.1 Å². The zero-order chi connectivity index (χ0) is 17.5. The van der Waals surface area contributed by atoms with E-state index in [-0.39, 0.29) is 11.9 Å². The van der Waals surface area contributed by atoms with E-state index >= 15 is 0 Å². The van der Waals surface area contributed by atoms with Gasteiger partial charge in [0.2, 0.25) is 5.91 Å². The molecule has 1 aliphatic heterocycles. The molecule has 3 aliphatic rings. The minimum absolute atomic E-state index is 0.204. The number of aromatic amines is 1. The Morgan fingerprint density at radius 2 is 2.08 bits per heavy atom. The number of carbonyl (C=O) groups is 1. The van der Waals surface area contributed by atoms with E-state index in [9.17, 15) is 4.79 Å². The molecule has 1 saturated heterocycles. The Bertz CT molecular complexity index is 805. The van der Waals surface area contributed by atoms with Gasteiger partial charge in [-0.15, -0.1) is 5.10 Å². The monoisotopic (exact) mass is 354 g/mol. The molecule has 0 radical (unpaired) electrons. The first-order chi connectivity index (χ1) is 12.8. The first kappa shape index (κ1) is 16.0. The second-order valence-electron chi connectivity index (χ2n) is 8.03. The molecule has 26 heavy (non-hydrogen) atoms. The van der Waals surface area contributed by atoms with Gasteiger partial charge in [0.25, 0.3) is 0 Å². The van der Waals surface area contributed by atoms with Gasteiger partial charge in [0.1, 0.15) is 0 Å². The molecule has 1 amide bonds. The van der Waals surface area contributed by atoms with E-state index in [1.54, 1.807) is 0 Å². The smallest absolute Gasteiger partial charge is 0.228 e. The highest BCUT2D eigenvalue weighted by atomic mass is 16.2. The van der Waals surface area contributed by atoms with E-state index in [4.69, 9.17) is 0 Å². The number of hydrogen-bond acceptors (Lipinski definition) is 4. The highest BCUT2D eigenvalue weighted by molar-refractivity contribution is 5.79. The number of nitrogens with zero attached hydrogens (tertiary/aromatic N) is 5. The van der Waals surface area contributed by atoms with Crippen molar-refractivity contribution < 1.29 is 4.79 Å². The molecule has 138 valence electrons. The third kappa shape index (κ3) is 3.04. The van der Waals surface area contributed by atoms with Crippen molar-refractivity contribution in [1.29, 1.82) is 0 Å². The van der Waals surface area contributed by atoms with Crippen molar-refractivity contribution in [3.05, 3.63) is 28.8 Å². The van der Waals surface area contributed by atoms with E-state index in [0.717, 1.165) is 50.2 Å². The average molecular weight is 354 g/mol. The molecule has 1 saturated carbocycles. The van der Waals surface area contributed by atoms with Crippen LogP contribution in [-0.4, -0.2) is 48.6 Å². The summed E-state index contributed by atoms with van der Waals surface area (Å²) in [6.07, 6.45) is 11.6. The number of rotatable bonds is 5.